The van der Waals surface area contributed by atoms with Crippen LogP contribution in [0, 0.1) is 0 Å². The van der Waals surface area contributed by atoms with E-state index in [-0.39, 0.29) is 30.3 Å². The fourth-order valence-electron chi connectivity index (χ4n) is 4.69. The van der Waals surface area contributed by atoms with Gasteiger partial charge in [-0.1, -0.05) is 72.8 Å². The van der Waals surface area contributed by atoms with Gasteiger partial charge in [0.2, 0.25) is 0 Å². The number of hydrogen-bond donors (Lipinski definition) is 2. The van der Waals surface area contributed by atoms with Gasteiger partial charge >= 0.3 is 11.9 Å². The smallest absolute Gasteiger partial charge is 0.340 e. The fraction of sp³-hybridized carbons (Fsp3) is 0.176. The molecule has 0 fully saturated rings. The second kappa shape index (κ2) is 13.4. The Bertz CT molecular complexity index is 1700. The van der Waals surface area contributed by atoms with E-state index >= 15 is 0 Å². The van der Waals surface area contributed by atoms with Crippen molar-refractivity contribution in [2.75, 3.05) is 26.4 Å². The van der Waals surface area contributed by atoms with Crippen molar-refractivity contribution in [3.8, 4) is 23.0 Å². The topological polar surface area (TPSA) is 112 Å². The summed E-state index contributed by atoms with van der Waals surface area (Å²) in [7, 11) is 0. The molecule has 0 aliphatic carbocycles. The summed E-state index contributed by atoms with van der Waals surface area (Å²) in [5.74, 6) is -1.26. The minimum absolute atomic E-state index is 0.0919. The number of rotatable bonds is 14. The zero-order valence-electron chi connectivity index (χ0n) is 22.8. The second-order valence-corrected chi connectivity index (χ2v) is 9.48. The third-order valence-corrected chi connectivity index (χ3v) is 6.66. The van der Waals surface area contributed by atoms with Crippen molar-refractivity contribution < 1.29 is 38.7 Å². The molecule has 0 unspecified atom stereocenters. The molecule has 0 aliphatic rings. The lowest BCUT2D eigenvalue weighted by Gasteiger charge is -2.17. The summed E-state index contributed by atoms with van der Waals surface area (Å²) in [5.41, 5.74) is -0.835. The summed E-state index contributed by atoms with van der Waals surface area (Å²) in [6.07, 6.45) is 0.933. The first-order chi connectivity index (χ1) is 20.5. The van der Waals surface area contributed by atoms with Gasteiger partial charge in [0.05, 0.1) is 32.0 Å². The van der Waals surface area contributed by atoms with Gasteiger partial charge in [0.25, 0.3) is 0 Å². The number of aromatic carboxylic acids is 2. The van der Waals surface area contributed by atoms with Gasteiger partial charge in [0.1, 0.15) is 17.1 Å². The summed E-state index contributed by atoms with van der Waals surface area (Å²) in [6.45, 7) is 0.983. The average Bonchev–Trinajstić information content (AvgIpc) is 3.00. The Kier molecular flexibility index (Phi) is 9.03. The molecular formula is C34H30O8. The molecule has 0 spiro atoms. The average molecular weight is 567 g/mol. The highest BCUT2D eigenvalue weighted by Crippen LogP contribution is 2.35. The van der Waals surface area contributed by atoms with E-state index in [1.807, 2.05) is 84.9 Å². The first kappa shape index (κ1) is 28.3. The molecule has 8 heteroatoms. The van der Waals surface area contributed by atoms with Crippen LogP contribution in [0.15, 0.2) is 97.1 Å². The van der Waals surface area contributed by atoms with Crippen LogP contribution in [0.25, 0.3) is 21.5 Å². The highest BCUT2D eigenvalue weighted by Gasteiger charge is 2.25. The first-order valence-corrected chi connectivity index (χ1v) is 13.6. The van der Waals surface area contributed by atoms with Gasteiger partial charge in [-0.3, -0.25) is 0 Å². The van der Waals surface area contributed by atoms with E-state index in [0.29, 0.717) is 26.1 Å². The fourth-order valence-corrected chi connectivity index (χ4v) is 4.69. The van der Waals surface area contributed by atoms with Crippen LogP contribution in [0.4, 0.5) is 0 Å². The Morgan fingerprint density at radius 3 is 1.50 bits per heavy atom. The molecule has 0 heterocycles. The third kappa shape index (κ3) is 6.55. The van der Waals surface area contributed by atoms with E-state index < -0.39 is 17.5 Å². The highest BCUT2D eigenvalue weighted by atomic mass is 16.5. The van der Waals surface area contributed by atoms with Crippen molar-refractivity contribution in [3.05, 3.63) is 108 Å². The number of carboxylic acids is 2. The number of carboxylic acid groups (broad SMARTS) is 2. The maximum absolute atomic E-state index is 12.1. The number of ether oxygens (including phenoxy) is 4. The lowest BCUT2D eigenvalue weighted by Crippen LogP contribution is -2.14. The van der Waals surface area contributed by atoms with Gasteiger partial charge in [0.15, 0.2) is 11.5 Å². The summed E-state index contributed by atoms with van der Waals surface area (Å²) < 4.78 is 23.6. The SMILES string of the molecule is O=C(O)c1ccc(OCCCOc2cccc3ccccc23)c(OCCCOc2cccc3ccccc23)c1C(=O)O. The minimum Gasteiger partial charge on any atom is -0.493 e. The van der Waals surface area contributed by atoms with Gasteiger partial charge in [0, 0.05) is 23.6 Å². The van der Waals surface area contributed by atoms with E-state index in [1.54, 1.807) is 0 Å². The van der Waals surface area contributed by atoms with Crippen LogP contribution in [0.5, 0.6) is 23.0 Å². The molecular weight excluding hydrogens is 536 g/mol. The number of carbonyl (C=O) groups is 2. The second-order valence-electron chi connectivity index (χ2n) is 9.48. The number of hydrogen-bond acceptors (Lipinski definition) is 6. The van der Waals surface area contributed by atoms with Crippen molar-refractivity contribution in [3.63, 3.8) is 0 Å². The molecule has 5 aromatic carbocycles. The lowest BCUT2D eigenvalue weighted by atomic mass is 10.1. The van der Waals surface area contributed by atoms with E-state index in [1.165, 1.54) is 12.1 Å². The predicted octanol–water partition coefficient (Wildman–Crippen LogP) is 7.09. The van der Waals surface area contributed by atoms with Gasteiger partial charge in [-0.2, -0.15) is 0 Å². The molecule has 0 amide bonds. The van der Waals surface area contributed by atoms with Crippen molar-refractivity contribution in [1.29, 1.82) is 0 Å². The maximum atomic E-state index is 12.1. The molecule has 0 aliphatic heterocycles. The number of benzene rings is 5. The Morgan fingerprint density at radius 2 is 0.976 bits per heavy atom. The van der Waals surface area contributed by atoms with Crippen LogP contribution in [-0.4, -0.2) is 48.6 Å². The molecule has 0 aromatic heterocycles. The molecule has 8 nitrogen and oxygen atoms in total. The predicted molar refractivity (Wildman–Crippen MR) is 159 cm³/mol. The Morgan fingerprint density at radius 1 is 0.500 bits per heavy atom. The standard InChI is InChI=1S/C34H30O8/c35-33(36)27-17-18-30(41-21-7-19-39-28-15-5-11-23-9-1-3-13-25(23)28)32(31(27)34(37)38)42-22-8-20-40-29-16-6-12-24-10-2-4-14-26(24)29/h1-6,9-18H,7-8,19-22H2,(H,35,36)(H,37,38). The zero-order chi connectivity index (χ0) is 29.3. The van der Waals surface area contributed by atoms with Gasteiger partial charge < -0.3 is 29.2 Å². The van der Waals surface area contributed by atoms with Crippen LogP contribution >= 0.6 is 0 Å². The van der Waals surface area contributed by atoms with Crippen LogP contribution in [0.1, 0.15) is 33.6 Å². The Balaban J connectivity index is 1.21. The maximum Gasteiger partial charge on any atom is 0.340 e. The molecule has 214 valence electrons. The van der Waals surface area contributed by atoms with Crippen LogP contribution in [-0.2, 0) is 0 Å². The Hall–Kier alpha value is -5.24. The van der Waals surface area contributed by atoms with E-state index in [2.05, 4.69) is 0 Å². The highest BCUT2D eigenvalue weighted by molar-refractivity contribution is 6.04. The van der Waals surface area contributed by atoms with Crippen LogP contribution in [0.3, 0.4) is 0 Å². The normalized spacial score (nSPS) is 10.9. The molecule has 2 N–H and O–H groups in total. The largest absolute Gasteiger partial charge is 0.493 e. The summed E-state index contributed by atoms with van der Waals surface area (Å²) in [5, 5.41) is 23.6. The molecule has 0 saturated heterocycles. The van der Waals surface area contributed by atoms with E-state index in [0.717, 1.165) is 33.0 Å². The minimum atomic E-state index is -1.42. The summed E-state index contributed by atoms with van der Waals surface area (Å²) >= 11 is 0. The molecule has 0 atom stereocenters. The molecule has 5 rings (SSSR count). The van der Waals surface area contributed by atoms with Crippen molar-refractivity contribution in [2.45, 2.75) is 12.8 Å². The van der Waals surface area contributed by atoms with E-state index in [4.69, 9.17) is 18.9 Å². The first-order valence-electron chi connectivity index (χ1n) is 13.6. The zero-order valence-corrected chi connectivity index (χ0v) is 22.8. The van der Waals surface area contributed by atoms with Crippen LogP contribution < -0.4 is 18.9 Å². The van der Waals surface area contributed by atoms with Gasteiger partial charge in [-0.05, 0) is 35.0 Å². The molecule has 0 bridgehead atoms. The molecule has 0 saturated carbocycles. The summed E-state index contributed by atoms with van der Waals surface area (Å²) in [6, 6.07) is 30.1. The van der Waals surface area contributed by atoms with Crippen molar-refractivity contribution in [2.24, 2.45) is 0 Å². The summed E-state index contributed by atoms with van der Waals surface area (Å²) in [4.78, 5) is 23.9. The van der Waals surface area contributed by atoms with Crippen LogP contribution in [0.2, 0.25) is 0 Å². The van der Waals surface area contributed by atoms with Gasteiger partial charge in [-0.15, -0.1) is 0 Å². The quantitative estimate of drug-likeness (QED) is 0.137. The molecule has 5 aromatic rings. The number of fused-ring (bicyclic) bond motifs is 2. The van der Waals surface area contributed by atoms with E-state index in [9.17, 15) is 19.8 Å². The van der Waals surface area contributed by atoms with Crippen molar-refractivity contribution in [1.82, 2.24) is 0 Å². The van der Waals surface area contributed by atoms with Gasteiger partial charge in [-0.25, -0.2) is 9.59 Å². The Labute approximate surface area is 242 Å². The monoisotopic (exact) mass is 566 g/mol. The molecule has 0 radical (unpaired) electrons. The third-order valence-electron chi connectivity index (χ3n) is 6.66. The van der Waals surface area contributed by atoms with Crippen molar-refractivity contribution >= 4 is 33.5 Å². The molecule has 42 heavy (non-hydrogen) atoms. The lowest BCUT2D eigenvalue weighted by molar-refractivity contribution is 0.0646.